The summed E-state index contributed by atoms with van der Waals surface area (Å²) in [4.78, 5) is 37.0. The first kappa shape index (κ1) is 21.0. The molecule has 2 rings (SSSR count). The Kier molecular flexibility index (Phi) is 7.14. The lowest BCUT2D eigenvalue weighted by Gasteiger charge is -2.21. The number of para-hydroxylation sites is 1. The summed E-state index contributed by atoms with van der Waals surface area (Å²) >= 11 is 0. The van der Waals surface area contributed by atoms with Crippen LogP contribution in [0.1, 0.15) is 45.7 Å². The number of amides is 2. The maximum atomic E-state index is 12.6. The second-order valence-corrected chi connectivity index (χ2v) is 6.43. The maximum absolute atomic E-state index is 12.6. The molecule has 0 bridgehead atoms. The van der Waals surface area contributed by atoms with E-state index in [9.17, 15) is 14.4 Å². The monoisotopic (exact) mass is 384 g/mol. The van der Waals surface area contributed by atoms with Crippen molar-refractivity contribution < 1.29 is 24.2 Å². The Hall–Kier alpha value is -3.35. The van der Waals surface area contributed by atoms with E-state index in [-0.39, 0.29) is 35.6 Å². The number of carbonyl (C=O) groups excluding carboxylic acids is 2. The third kappa shape index (κ3) is 5.33. The molecule has 0 aromatic heterocycles. The fourth-order valence-corrected chi connectivity index (χ4v) is 2.60. The van der Waals surface area contributed by atoms with E-state index in [2.05, 4.69) is 5.32 Å². The third-order valence-corrected chi connectivity index (χ3v) is 4.23. The summed E-state index contributed by atoms with van der Waals surface area (Å²) in [5.74, 6) is -1.12. The smallest absolute Gasteiger partial charge is 0.335 e. The van der Waals surface area contributed by atoms with Gasteiger partial charge in [0.2, 0.25) is 0 Å². The minimum atomic E-state index is -1.09. The van der Waals surface area contributed by atoms with E-state index in [0.29, 0.717) is 12.2 Å². The van der Waals surface area contributed by atoms with Gasteiger partial charge in [-0.15, -0.1) is 0 Å². The SMILES string of the molecule is CCC(NC(=O)c1cccc(C(=O)O)c1)c1ccccc1OCC(=O)N(C)C. The number of rotatable bonds is 8. The molecule has 1 unspecified atom stereocenters. The first-order chi connectivity index (χ1) is 13.3. The lowest BCUT2D eigenvalue weighted by molar-refractivity contribution is -0.130. The fourth-order valence-electron chi connectivity index (χ4n) is 2.60. The molecular formula is C21H24N2O5. The van der Waals surface area contributed by atoms with E-state index in [1.165, 1.54) is 23.1 Å². The summed E-state index contributed by atoms with van der Waals surface area (Å²) < 4.78 is 5.66. The lowest BCUT2D eigenvalue weighted by atomic mass is 10.0. The summed E-state index contributed by atoms with van der Waals surface area (Å²) in [6.45, 7) is 1.81. The summed E-state index contributed by atoms with van der Waals surface area (Å²) in [5.41, 5.74) is 1.06. The maximum Gasteiger partial charge on any atom is 0.335 e. The molecule has 2 amide bonds. The molecule has 0 aliphatic heterocycles. The molecule has 0 saturated heterocycles. The summed E-state index contributed by atoms with van der Waals surface area (Å²) in [7, 11) is 3.30. The van der Waals surface area contributed by atoms with E-state index in [1.54, 1.807) is 32.3 Å². The Labute approximate surface area is 163 Å². The van der Waals surface area contributed by atoms with Gasteiger partial charge in [0.1, 0.15) is 5.75 Å². The van der Waals surface area contributed by atoms with Gasteiger partial charge in [-0.2, -0.15) is 0 Å². The van der Waals surface area contributed by atoms with Gasteiger partial charge in [-0.1, -0.05) is 31.2 Å². The van der Waals surface area contributed by atoms with Crippen molar-refractivity contribution in [1.29, 1.82) is 0 Å². The molecule has 1 atom stereocenters. The molecule has 0 spiro atoms. The topological polar surface area (TPSA) is 95.9 Å². The number of likely N-dealkylation sites (N-methyl/N-ethyl adjacent to an activating group) is 1. The van der Waals surface area contributed by atoms with Crippen molar-refractivity contribution in [3.05, 3.63) is 65.2 Å². The van der Waals surface area contributed by atoms with Crippen molar-refractivity contribution >= 4 is 17.8 Å². The second kappa shape index (κ2) is 9.55. The zero-order valence-electron chi connectivity index (χ0n) is 16.1. The average Bonchev–Trinajstić information content (AvgIpc) is 2.70. The van der Waals surface area contributed by atoms with Crippen molar-refractivity contribution in [2.24, 2.45) is 0 Å². The Morgan fingerprint density at radius 2 is 1.75 bits per heavy atom. The third-order valence-electron chi connectivity index (χ3n) is 4.23. The van der Waals surface area contributed by atoms with Crippen LogP contribution in [0.15, 0.2) is 48.5 Å². The molecule has 0 aliphatic rings. The second-order valence-electron chi connectivity index (χ2n) is 6.43. The van der Waals surface area contributed by atoms with Crippen molar-refractivity contribution in [1.82, 2.24) is 10.2 Å². The highest BCUT2D eigenvalue weighted by Gasteiger charge is 2.19. The predicted octanol–water partition coefficient (Wildman–Crippen LogP) is 2.73. The van der Waals surface area contributed by atoms with E-state index >= 15 is 0 Å². The van der Waals surface area contributed by atoms with E-state index in [1.807, 2.05) is 19.1 Å². The zero-order valence-corrected chi connectivity index (χ0v) is 16.1. The average molecular weight is 384 g/mol. The van der Waals surface area contributed by atoms with Gasteiger partial charge in [-0.3, -0.25) is 9.59 Å². The van der Waals surface area contributed by atoms with E-state index in [4.69, 9.17) is 9.84 Å². The Morgan fingerprint density at radius 1 is 1.07 bits per heavy atom. The molecule has 148 valence electrons. The number of hydrogen-bond acceptors (Lipinski definition) is 4. The Morgan fingerprint density at radius 3 is 2.39 bits per heavy atom. The fraction of sp³-hybridized carbons (Fsp3) is 0.286. The largest absolute Gasteiger partial charge is 0.483 e. The Bertz CT molecular complexity index is 863. The van der Waals surface area contributed by atoms with Gasteiger partial charge in [-0.25, -0.2) is 4.79 Å². The number of carbonyl (C=O) groups is 3. The molecule has 0 fully saturated rings. The minimum absolute atomic E-state index is 0.0478. The number of carboxylic acids is 1. The molecule has 28 heavy (non-hydrogen) atoms. The molecule has 2 aromatic carbocycles. The number of nitrogens with zero attached hydrogens (tertiary/aromatic N) is 1. The van der Waals surface area contributed by atoms with Crippen molar-refractivity contribution in [2.45, 2.75) is 19.4 Å². The van der Waals surface area contributed by atoms with Crippen LogP contribution < -0.4 is 10.1 Å². The molecule has 0 heterocycles. The standard InChI is InChI=1S/C21H24N2O5/c1-4-17(22-20(25)14-8-7-9-15(12-14)21(26)27)16-10-5-6-11-18(16)28-13-19(24)23(2)3/h5-12,17H,4,13H2,1-3H3,(H,22,25)(H,26,27). The molecule has 2 aromatic rings. The highest BCUT2D eigenvalue weighted by Crippen LogP contribution is 2.27. The van der Waals surface area contributed by atoms with Crippen LogP contribution in [0.25, 0.3) is 0 Å². The Balaban J connectivity index is 2.19. The highest BCUT2D eigenvalue weighted by atomic mass is 16.5. The first-order valence-electron chi connectivity index (χ1n) is 8.89. The first-order valence-corrected chi connectivity index (χ1v) is 8.89. The van der Waals surface area contributed by atoms with Crippen LogP contribution in [-0.4, -0.2) is 48.5 Å². The van der Waals surface area contributed by atoms with Crippen LogP contribution in [0.2, 0.25) is 0 Å². The highest BCUT2D eigenvalue weighted by molar-refractivity contribution is 5.97. The van der Waals surface area contributed by atoms with Crippen molar-refractivity contribution in [3.8, 4) is 5.75 Å². The molecule has 2 N–H and O–H groups in total. The van der Waals surface area contributed by atoms with Gasteiger partial charge >= 0.3 is 5.97 Å². The molecule has 0 saturated carbocycles. The number of aromatic carboxylic acids is 1. The van der Waals surface area contributed by atoms with Crippen LogP contribution >= 0.6 is 0 Å². The van der Waals surface area contributed by atoms with E-state index in [0.717, 1.165) is 5.56 Å². The number of ether oxygens (including phenoxy) is 1. The van der Waals surface area contributed by atoms with Gasteiger partial charge in [0, 0.05) is 25.2 Å². The molecule has 0 radical (unpaired) electrons. The van der Waals surface area contributed by atoms with Gasteiger partial charge in [0.25, 0.3) is 11.8 Å². The van der Waals surface area contributed by atoms with Gasteiger partial charge < -0.3 is 20.1 Å². The number of carboxylic acid groups (broad SMARTS) is 1. The van der Waals surface area contributed by atoms with Crippen LogP contribution in [0.4, 0.5) is 0 Å². The van der Waals surface area contributed by atoms with Crippen molar-refractivity contribution in [2.75, 3.05) is 20.7 Å². The predicted molar refractivity (Wildman–Crippen MR) is 105 cm³/mol. The molecule has 7 nitrogen and oxygen atoms in total. The van der Waals surface area contributed by atoms with Crippen LogP contribution in [-0.2, 0) is 4.79 Å². The van der Waals surface area contributed by atoms with E-state index < -0.39 is 5.97 Å². The zero-order chi connectivity index (χ0) is 20.7. The number of benzene rings is 2. The van der Waals surface area contributed by atoms with Crippen LogP contribution in [0, 0.1) is 0 Å². The number of hydrogen-bond donors (Lipinski definition) is 2. The van der Waals surface area contributed by atoms with Gasteiger partial charge in [0.05, 0.1) is 11.6 Å². The van der Waals surface area contributed by atoms with Gasteiger partial charge in [0.15, 0.2) is 6.61 Å². The van der Waals surface area contributed by atoms with Gasteiger partial charge in [-0.05, 0) is 30.7 Å². The number of nitrogens with one attached hydrogen (secondary N) is 1. The minimum Gasteiger partial charge on any atom is -0.483 e. The van der Waals surface area contributed by atoms with Crippen LogP contribution in [0.5, 0.6) is 5.75 Å². The summed E-state index contributed by atoms with van der Waals surface area (Å²) in [6.07, 6.45) is 0.590. The summed E-state index contributed by atoms with van der Waals surface area (Å²) in [6, 6.07) is 12.7. The molecular weight excluding hydrogens is 360 g/mol. The lowest BCUT2D eigenvalue weighted by Crippen LogP contribution is -2.30. The summed E-state index contributed by atoms with van der Waals surface area (Å²) in [5, 5.41) is 12.0. The molecule has 0 aliphatic carbocycles. The normalized spacial score (nSPS) is 11.4. The van der Waals surface area contributed by atoms with Crippen LogP contribution in [0.3, 0.4) is 0 Å². The quantitative estimate of drug-likeness (QED) is 0.730. The molecule has 7 heteroatoms. The van der Waals surface area contributed by atoms with Crippen molar-refractivity contribution in [3.63, 3.8) is 0 Å².